The monoisotopic (exact) mass is 447 g/mol. The highest BCUT2D eigenvalue weighted by Gasteiger charge is 2.34. The number of fused-ring (bicyclic) bond motifs is 1. The number of rotatable bonds is 5. The second-order valence-corrected chi connectivity index (χ2v) is 10.9. The highest BCUT2D eigenvalue weighted by atomic mass is 32.2. The number of piperidine rings is 1. The van der Waals surface area contributed by atoms with E-state index < -0.39 is 20.9 Å². The summed E-state index contributed by atoms with van der Waals surface area (Å²) in [7, 11) is -3.55. The first-order chi connectivity index (χ1) is 14.7. The van der Waals surface area contributed by atoms with Gasteiger partial charge in [0.15, 0.2) is 27.9 Å². The molecule has 2 aromatic rings. The quantitative estimate of drug-likeness (QED) is 0.657. The summed E-state index contributed by atoms with van der Waals surface area (Å²) >= 11 is 0. The number of nitrogens with zero attached hydrogens (tertiary/aromatic N) is 1. The number of hydrogen-bond donors (Lipinski definition) is 0. The summed E-state index contributed by atoms with van der Waals surface area (Å²) in [5.41, 5.74) is 0.755. The molecule has 1 amide bonds. The SMILES string of the molecule is CC1(C)Cc2cccc(OCC(=O)N3CCC(S(=O)(=O)c4ccc(F)cc4)CC3)c2O1. The molecule has 1 fully saturated rings. The minimum absolute atomic E-state index is 0.114. The molecule has 8 heteroatoms. The summed E-state index contributed by atoms with van der Waals surface area (Å²) < 4.78 is 50.4. The lowest BCUT2D eigenvalue weighted by molar-refractivity contribution is -0.134. The van der Waals surface area contributed by atoms with Crippen molar-refractivity contribution < 1.29 is 27.1 Å². The zero-order chi connectivity index (χ0) is 22.2. The fourth-order valence-electron chi connectivity index (χ4n) is 4.16. The molecular formula is C23H26FNO5S. The fourth-order valence-corrected chi connectivity index (χ4v) is 5.90. The molecule has 4 rings (SSSR count). The normalized spacial score (nSPS) is 18.4. The van der Waals surface area contributed by atoms with Crippen LogP contribution >= 0.6 is 0 Å². The summed E-state index contributed by atoms with van der Waals surface area (Å²) in [6.07, 6.45) is 1.45. The van der Waals surface area contributed by atoms with Crippen LogP contribution in [-0.2, 0) is 21.1 Å². The Labute approximate surface area is 181 Å². The van der Waals surface area contributed by atoms with Gasteiger partial charge < -0.3 is 14.4 Å². The van der Waals surface area contributed by atoms with Crippen molar-refractivity contribution in [2.45, 2.75) is 48.9 Å². The van der Waals surface area contributed by atoms with Crippen LogP contribution in [0.2, 0.25) is 0 Å². The lowest BCUT2D eigenvalue weighted by Crippen LogP contribution is -2.44. The topological polar surface area (TPSA) is 72.9 Å². The van der Waals surface area contributed by atoms with Crippen LogP contribution in [0.25, 0.3) is 0 Å². The van der Waals surface area contributed by atoms with Gasteiger partial charge in [0.05, 0.1) is 10.1 Å². The van der Waals surface area contributed by atoms with E-state index in [-0.39, 0.29) is 23.0 Å². The third-order valence-corrected chi connectivity index (χ3v) is 8.06. The molecule has 0 radical (unpaired) electrons. The Morgan fingerprint density at radius 3 is 2.52 bits per heavy atom. The first-order valence-electron chi connectivity index (χ1n) is 10.4. The predicted molar refractivity (Wildman–Crippen MR) is 114 cm³/mol. The van der Waals surface area contributed by atoms with Gasteiger partial charge in [-0.3, -0.25) is 4.79 Å². The van der Waals surface area contributed by atoms with E-state index in [1.54, 1.807) is 11.0 Å². The number of likely N-dealkylation sites (tertiary alicyclic amines) is 1. The van der Waals surface area contributed by atoms with Crippen molar-refractivity contribution in [3.05, 3.63) is 53.8 Å². The number of benzene rings is 2. The first kappa shape index (κ1) is 21.6. The van der Waals surface area contributed by atoms with Gasteiger partial charge in [0.1, 0.15) is 11.4 Å². The summed E-state index contributed by atoms with van der Waals surface area (Å²) in [6.45, 7) is 4.56. The van der Waals surface area contributed by atoms with Crippen molar-refractivity contribution in [1.82, 2.24) is 4.90 Å². The van der Waals surface area contributed by atoms with Gasteiger partial charge in [0.25, 0.3) is 5.91 Å². The van der Waals surface area contributed by atoms with Gasteiger partial charge in [-0.15, -0.1) is 0 Å². The number of para-hydroxylation sites is 1. The van der Waals surface area contributed by atoms with Gasteiger partial charge in [-0.1, -0.05) is 12.1 Å². The molecule has 1 saturated heterocycles. The van der Waals surface area contributed by atoms with E-state index in [2.05, 4.69) is 0 Å². The van der Waals surface area contributed by atoms with Crippen molar-refractivity contribution in [3.8, 4) is 11.5 Å². The summed E-state index contributed by atoms with van der Waals surface area (Å²) in [6, 6.07) is 10.5. The molecule has 2 heterocycles. The van der Waals surface area contributed by atoms with E-state index >= 15 is 0 Å². The van der Waals surface area contributed by atoms with Gasteiger partial charge in [-0.25, -0.2) is 12.8 Å². The number of carbonyl (C=O) groups is 1. The van der Waals surface area contributed by atoms with Crippen molar-refractivity contribution >= 4 is 15.7 Å². The van der Waals surface area contributed by atoms with Crippen LogP contribution in [0.5, 0.6) is 11.5 Å². The van der Waals surface area contributed by atoms with Crippen LogP contribution < -0.4 is 9.47 Å². The van der Waals surface area contributed by atoms with Crippen molar-refractivity contribution in [1.29, 1.82) is 0 Å². The van der Waals surface area contributed by atoms with Crippen molar-refractivity contribution in [3.63, 3.8) is 0 Å². The van der Waals surface area contributed by atoms with Crippen molar-refractivity contribution in [2.75, 3.05) is 19.7 Å². The molecule has 31 heavy (non-hydrogen) atoms. The Kier molecular flexibility index (Phi) is 5.68. The summed E-state index contributed by atoms with van der Waals surface area (Å²) in [5, 5.41) is -0.587. The lowest BCUT2D eigenvalue weighted by Gasteiger charge is -2.31. The fraction of sp³-hybridized carbons (Fsp3) is 0.435. The Balaban J connectivity index is 1.34. The number of amides is 1. The molecule has 0 atom stereocenters. The number of halogens is 1. The molecular weight excluding hydrogens is 421 g/mol. The summed E-state index contributed by atoms with van der Waals surface area (Å²) in [5.74, 6) is 0.569. The number of ether oxygens (including phenoxy) is 2. The number of hydrogen-bond acceptors (Lipinski definition) is 5. The van der Waals surface area contributed by atoms with Crippen LogP contribution in [0.4, 0.5) is 4.39 Å². The minimum atomic E-state index is -3.55. The van der Waals surface area contributed by atoms with Crippen LogP contribution in [0, 0.1) is 5.82 Å². The molecule has 0 spiro atoms. The Hall–Kier alpha value is -2.61. The minimum Gasteiger partial charge on any atom is -0.483 e. The van der Waals surface area contributed by atoms with E-state index in [0.29, 0.717) is 37.4 Å². The molecule has 0 N–H and O–H groups in total. The van der Waals surface area contributed by atoms with Crippen LogP contribution in [0.3, 0.4) is 0 Å². The molecule has 0 bridgehead atoms. The van der Waals surface area contributed by atoms with Gasteiger partial charge in [0.2, 0.25) is 0 Å². The van der Waals surface area contributed by atoms with Gasteiger partial charge in [0, 0.05) is 25.1 Å². The smallest absolute Gasteiger partial charge is 0.260 e. The van der Waals surface area contributed by atoms with Crippen LogP contribution in [-0.4, -0.2) is 49.8 Å². The maximum atomic E-state index is 13.1. The first-order valence-corrected chi connectivity index (χ1v) is 11.9. The average Bonchev–Trinajstić information content (AvgIpc) is 3.06. The van der Waals surface area contributed by atoms with Crippen LogP contribution in [0.1, 0.15) is 32.3 Å². The third-order valence-electron chi connectivity index (χ3n) is 5.78. The van der Waals surface area contributed by atoms with Gasteiger partial charge in [-0.05, 0) is 57.0 Å². The van der Waals surface area contributed by atoms with Crippen LogP contribution in [0.15, 0.2) is 47.4 Å². The van der Waals surface area contributed by atoms with E-state index in [0.717, 1.165) is 24.1 Å². The lowest BCUT2D eigenvalue weighted by atomic mass is 10.0. The Morgan fingerprint density at radius 1 is 1.16 bits per heavy atom. The zero-order valence-corrected chi connectivity index (χ0v) is 18.5. The van der Waals surface area contributed by atoms with Gasteiger partial charge >= 0.3 is 0 Å². The molecule has 2 aliphatic rings. The molecule has 2 aromatic carbocycles. The molecule has 0 unspecified atom stereocenters. The molecule has 0 aromatic heterocycles. The second-order valence-electron chi connectivity index (χ2n) is 8.65. The Morgan fingerprint density at radius 2 is 1.84 bits per heavy atom. The average molecular weight is 448 g/mol. The maximum absolute atomic E-state index is 13.1. The predicted octanol–water partition coefficient (Wildman–Crippen LogP) is 3.38. The van der Waals surface area contributed by atoms with E-state index in [4.69, 9.17) is 9.47 Å². The molecule has 6 nitrogen and oxygen atoms in total. The largest absolute Gasteiger partial charge is 0.483 e. The maximum Gasteiger partial charge on any atom is 0.260 e. The third kappa shape index (κ3) is 4.54. The van der Waals surface area contributed by atoms with Gasteiger partial charge in [-0.2, -0.15) is 0 Å². The standard InChI is InChI=1S/C23H26FNO5S/c1-23(2)14-16-4-3-5-20(22(16)30-23)29-15-21(26)25-12-10-19(11-13-25)31(27,28)18-8-6-17(24)7-9-18/h3-9,19H,10-15H2,1-2H3. The zero-order valence-electron chi connectivity index (χ0n) is 17.6. The number of carbonyl (C=O) groups excluding carboxylic acids is 1. The highest BCUT2D eigenvalue weighted by molar-refractivity contribution is 7.92. The summed E-state index contributed by atoms with van der Waals surface area (Å²) in [4.78, 5) is 14.4. The molecule has 0 saturated carbocycles. The molecule has 2 aliphatic heterocycles. The molecule has 0 aliphatic carbocycles. The number of sulfone groups is 1. The Bertz CT molecular complexity index is 1070. The van der Waals surface area contributed by atoms with E-state index in [9.17, 15) is 17.6 Å². The van der Waals surface area contributed by atoms with E-state index in [1.807, 2.05) is 26.0 Å². The molecule has 166 valence electrons. The highest BCUT2D eigenvalue weighted by Crippen LogP contribution is 2.41. The second kappa shape index (κ2) is 8.15. The van der Waals surface area contributed by atoms with E-state index in [1.165, 1.54) is 12.1 Å². The van der Waals surface area contributed by atoms with Crippen molar-refractivity contribution in [2.24, 2.45) is 0 Å².